The van der Waals surface area contributed by atoms with Crippen molar-refractivity contribution in [1.29, 1.82) is 0 Å². The Morgan fingerprint density at radius 1 is 0.839 bits per heavy atom. The van der Waals surface area contributed by atoms with E-state index in [0.717, 1.165) is 17.5 Å². The first-order valence-electron chi connectivity index (χ1n) is 22.2. The van der Waals surface area contributed by atoms with Crippen LogP contribution in [0.3, 0.4) is 0 Å². The fourth-order valence-electron chi connectivity index (χ4n) is 8.62. The Hall–Kier alpha value is -4.53. The topological polar surface area (TPSA) is 167 Å². The lowest BCUT2D eigenvalue weighted by Gasteiger charge is -2.41. The number of aliphatic hydroxyl groups excluding tert-OH is 1. The van der Waals surface area contributed by atoms with Gasteiger partial charge in [0.05, 0.1) is 48.8 Å². The van der Waals surface area contributed by atoms with Gasteiger partial charge in [-0.3, -0.25) is 24.1 Å². The standard InChI is InChI=1S/C48H75N5O9/c1-14-32(7)42(51(10)47(58)40(29(2)3)50-46(57)41(30(4)5)52(11)48(59)62-28-35-24-22-31(6)23-25-35)38(60-12)27-39(54)53-26-18-21-37(53)44(61-13)33(8)45(56)49-34(9)43(55)36-19-16-15-17-20-36/h15-17,19-20,22-25,29-30,32-34,37-38,40-44,55H,14,18,21,26-28H2,1-13H3,(H,49,56)(H,50,57)/t32-,33+,34+,37-,38+,40-,41-,42?,43+,44+/m0/s1. The van der Waals surface area contributed by atoms with Gasteiger partial charge in [-0.1, -0.05) is 115 Å². The molecule has 10 atom stereocenters. The molecule has 3 N–H and O–H groups in total. The van der Waals surface area contributed by atoms with E-state index >= 15 is 0 Å². The van der Waals surface area contributed by atoms with E-state index < -0.39 is 60.4 Å². The number of ether oxygens (including phenoxy) is 3. The molecular formula is C48H75N5O9. The van der Waals surface area contributed by atoms with Crippen LogP contribution in [0, 0.1) is 30.6 Å². The van der Waals surface area contributed by atoms with E-state index in [1.54, 1.807) is 37.8 Å². The van der Waals surface area contributed by atoms with Crippen molar-refractivity contribution in [2.24, 2.45) is 23.7 Å². The van der Waals surface area contributed by atoms with Gasteiger partial charge in [0.2, 0.25) is 23.6 Å². The number of likely N-dealkylation sites (tertiary alicyclic amines) is 1. The van der Waals surface area contributed by atoms with Crippen LogP contribution in [-0.2, 0) is 40.0 Å². The lowest BCUT2D eigenvalue weighted by molar-refractivity contribution is -0.148. The van der Waals surface area contributed by atoms with E-state index in [1.807, 2.05) is 103 Å². The van der Waals surface area contributed by atoms with Crippen molar-refractivity contribution < 1.29 is 43.3 Å². The molecule has 14 nitrogen and oxygen atoms in total. The van der Waals surface area contributed by atoms with E-state index in [4.69, 9.17) is 14.2 Å². The smallest absolute Gasteiger partial charge is 0.410 e. The zero-order chi connectivity index (χ0) is 46.4. The van der Waals surface area contributed by atoms with Crippen molar-refractivity contribution in [3.8, 4) is 0 Å². The summed E-state index contributed by atoms with van der Waals surface area (Å²) in [6, 6.07) is 13.4. The fraction of sp³-hybridized carbons (Fsp3) is 0.646. The SMILES string of the molecule is CC[C@H](C)C([C@@H](CC(=O)N1CCC[C@H]1[C@H](OC)[C@@H](C)C(=O)N[C@H](C)[C@@H](O)c1ccccc1)OC)N(C)C(=O)[C@@H](NC(=O)[C@H](C(C)C)N(C)C(=O)OCc1ccc(C)cc1)C(C)C. The summed E-state index contributed by atoms with van der Waals surface area (Å²) in [6.07, 6.45) is -0.844. The summed E-state index contributed by atoms with van der Waals surface area (Å²) < 4.78 is 17.6. The summed E-state index contributed by atoms with van der Waals surface area (Å²) in [5.74, 6) is -2.65. The first-order valence-corrected chi connectivity index (χ1v) is 22.2. The maximum Gasteiger partial charge on any atom is 0.410 e. The highest BCUT2D eigenvalue weighted by molar-refractivity contribution is 5.91. The van der Waals surface area contributed by atoms with E-state index in [9.17, 15) is 29.1 Å². The first-order chi connectivity index (χ1) is 29.3. The van der Waals surface area contributed by atoms with Crippen molar-refractivity contribution in [1.82, 2.24) is 25.3 Å². The number of carbonyl (C=O) groups excluding carboxylic acids is 5. The molecule has 1 unspecified atom stereocenters. The molecule has 346 valence electrons. The van der Waals surface area contributed by atoms with Crippen LogP contribution >= 0.6 is 0 Å². The number of hydrogen-bond acceptors (Lipinski definition) is 9. The van der Waals surface area contributed by atoms with Gasteiger partial charge >= 0.3 is 6.09 Å². The number of aliphatic hydroxyl groups is 1. The van der Waals surface area contributed by atoms with E-state index in [2.05, 4.69) is 10.6 Å². The van der Waals surface area contributed by atoms with Gasteiger partial charge in [0.15, 0.2) is 0 Å². The van der Waals surface area contributed by atoms with Gasteiger partial charge in [0.25, 0.3) is 0 Å². The van der Waals surface area contributed by atoms with Crippen molar-refractivity contribution in [3.63, 3.8) is 0 Å². The summed E-state index contributed by atoms with van der Waals surface area (Å²) in [7, 11) is 6.28. The van der Waals surface area contributed by atoms with E-state index in [-0.39, 0.29) is 54.5 Å². The fourth-order valence-corrected chi connectivity index (χ4v) is 8.62. The second-order valence-corrected chi connectivity index (χ2v) is 17.8. The Labute approximate surface area is 370 Å². The van der Waals surface area contributed by atoms with Crippen LogP contribution in [0.2, 0.25) is 0 Å². The third kappa shape index (κ3) is 13.5. The molecule has 1 fully saturated rings. The Kier molecular flexibility index (Phi) is 20.4. The maximum atomic E-state index is 14.5. The molecule has 0 bridgehead atoms. The normalized spacial score (nSPS) is 18.5. The molecule has 2 aromatic rings. The monoisotopic (exact) mass is 866 g/mol. The van der Waals surface area contributed by atoms with Crippen LogP contribution in [0.1, 0.15) is 104 Å². The predicted molar refractivity (Wildman–Crippen MR) is 240 cm³/mol. The van der Waals surface area contributed by atoms with Crippen molar-refractivity contribution >= 4 is 29.7 Å². The van der Waals surface area contributed by atoms with Gasteiger partial charge in [0, 0.05) is 34.9 Å². The summed E-state index contributed by atoms with van der Waals surface area (Å²) in [6.45, 7) is 17.4. The summed E-state index contributed by atoms with van der Waals surface area (Å²) >= 11 is 0. The molecule has 3 rings (SSSR count). The van der Waals surface area contributed by atoms with E-state index in [1.165, 1.54) is 19.1 Å². The number of nitrogens with one attached hydrogen (secondary N) is 2. The van der Waals surface area contributed by atoms with Crippen molar-refractivity contribution in [2.75, 3.05) is 34.9 Å². The lowest BCUT2D eigenvalue weighted by atomic mass is 9.89. The number of nitrogens with zero attached hydrogens (tertiary/aromatic N) is 3. The molecular weight excluding hydrogens is 791 g/mol. The van der Waals surface area contributed by atoms with Gasteiger partial charge in [-0.2, -0.15) is 0 Å². The molecule has 62 heavy (non-hydrogen) atoms. The number of benzene rings is 2. The summed E-state index contributed by atoms with van der Waals surface area (Å²) in [4.78, 5) is 74.3. The van der Waals surface area contributed by atoms with Gasteiger partial charge in [-0.15, -0.1) is 0 Å². The second-order valence-electron chi connectivity index (χ2n) is 17.8. The first kappa shape index (κ1) is 51.8. The molecule has 0 aliphatic carbocycles. The van der Waals surface area contributed by atoms with Gasteiger partial charge in [-0.25, -0.2) is 4.79 Å². The third-order valence-electron chi connectivity index (χ3n) is 12.6. The molecule has 0 spiro atoms. The van der Waals surface area contributed by atoms with Gasteiger partial charge in [0.1, 0.15) is 18.7 Å². The van der Waals surface area contributed by atoms with Crippen molar-refractivity contribution in [3.05, 3.63) is 71.3 Å². The van der Waals surface area contributed by atoms with E-state index in [0.29, 0.717) is 24.9 Å². The predicted octanol–water partition coefficient (Wildman–Crippen LogP) is 5.89. The van der Waals surface area contributed by atoms with Crippen LogP contribution < -0.4 is 10.6 Å². The quantitative estimate of drug-likeness (QED) is 0.131. The third-order valence-corrected chi connectivity index (χ3v) is 12.6. The molecule has 0 aromatic heterocycles. The molecule has 5 amide bonds. The molecule has 2 aromatic carbocycles. The number of likely N-dealkylation sites (N-methyl/N-ethyl adjacent to an activating group) is 2. The number of hydrogen-bond donors (Lipinski definition) is 3. The van der Waals surface area contributed by atoms with Crippen LogP contribution in [0.25, 0.3) is 0 Å². The minimum Gasteiger partial charge on any atom is -0.445 e. The largest absolute Gasteiger partial charge is 0.445 e. The highest BCUT2D eigenvalue weighted by Crippen LogP contribution is 2.30. The average Bonchev–Trinajstić information content (AvgIpc) is 3.74. The summed E-state index contributed by atoms with van der Waals surface area (Å²) in [5, 5.41) is 16.8. The molecule has 0 radical (unpaired) electrons. The zero-order valence-electron chi connectivity index (χ0n) is 39.4. The zero-order valence-corrected chi connectivity index (χ0v) is 39.4. The Balaban J connectivity index is 1.75. The van der Waals surface area contributed by atoms with Crippen LogP contribution in [0.4, 0.5) is 4.79 Å². The minimum absolute atomic E-state index is 0.0272. The minimum atomic E-state index is -0.944. The highest BCUT2D eigenvalue weighted by atomic mass is 16.6. The van der Waals surface area contributed by atoms with Crippen molar-refractivity contribution in [2.45, 2.75) is 143 Å². The molecule has 1 aliphatic rings. The lowest BCUT2D eigenvalue weighted by Crippen LogP contribution is -2.60. The second kappa shape index (κ2) is 24.4. The van der Waals surface area contributed by atoms with Gasteiger partial charge in [-0.05, 0) is 55.6 Å². The van der Waals surface area contributed by atoms with Crippen LogP contribution in [0.5, 0.6) is 0 Å². The molecule has 0 saturated carbocycles. The number of amides is 5. The number of rotatable bonds is 22. The number of aryl methyl sites for hydroxylation is 1. The highest BCUT2D eigenvalue weighted by Gasteiger charge is 2.43. The molecule has 1 heterocycles. The Morgan fingerprint density at radius 2 is 1.47 bits per heavy atom. The van der Waals surface area contributed by atoms with Crippen LogP contribution in [0.15, 0.2) is 54.6 Å². The summed E-state index contributed by atoms with van der Waals surface area (Å²) in [5.41, 5.74) is 2.61. The van der Waals surface area contributed by atoms with Crippen LogP contribution in [-0.4, -0.2) is 127 Å². The Morgan fingerprint density at radius 3 is 2.02 bits per heavy atom. The maximum absolute atomic E-state index is 14.5. The molecule has 1 aliphatic heterocycles. The number of methoxy groups -OCH3 is 2. The molecule has 1 saturated heterocycles. The van der Waals surface area contributed by atoms with Gasteiger partial charge < -0.3 is 39.8 Å². The number of carbonyl (C=O) groups is 5. The Bertz CT molecular complexity index is 1740. The average molecular weight is 866 g/mol. The molecule has 14 heteroatoms.